The molecule has 1 heterocycles. The van der Waals surface area contributed by atoms with Crippen LogP contribution in [0.4, 0.5) is 0 Å². The summed E-state index contributed by atoms with van der Waals surface area (Å²) >= 11 is 1.51. The summed E-state index contributed by atoms with van der Waals surface area (Å²) in [6.45, 7) is 1.51. The number of likely N-dealkylation sites (tertiary alicyclic amines) is 1. The third-order valence-corrected chi connectivity index (χ3v) is 4.53. The Morgan fingerprint density at radius 3 is 2.60 bits per heavy atom. The summed E-state index contributed by atoms with van der Waals surface area (Å²) in [6.07, 6.45) is 3.44. The van der Waals surface area contributed by atoms with E-state index in [0.717, 1.165) is 0 Å². The Balaban J connectivity index is 2.74. The summed E-state index contributed by atoms with van der Waals surface area (Å²) < 4.78 is 0. The number of amides is 3. The fraction of sp³-hybridized carbons (Fsp3) is 0.733. The van der Waals surface area contributed by atoms with E-state index in [1.54, 1.807) is 6.92 Å². The van der Waals surface area contributed by atoms with Crippen molar-refractivity contribution in [1.82, 2.24) is 15.5 Å². The molecule has 0 aromatic rings. The van der Waals surface area contributed by atoms with E-state index in [1.807, 2.05) is 6.26 Å². The first-order valence-electron chi connectivity index (χ1n) is 8.12. The van der Waals surface area contributed by atoms with Gasteiger partial charge in [0.05, 0.1) is 6.04 Å². The van der Waals surface area contributed by atoms with Gasteiger partial charge < -0.3 is 26.4 Å². The Kier molecular flexibility index (Phi) is 8.70. The summed E-state index contributed by atoms with van der Waals surface area (Å²) in [6, 6.07) is -2.19. The highest BCUT2D eigenvalue weighted by atomic mass is 32.2. The van der Waals surface area contributed by atoms with Crippen LogP contribution >= 0.6 is 11.8 Å². The molecule has 1 saturated heterocycles. The van der Waals surface area contributed by atoms with Crippen LogP contribution in [0.25, 0.3) is 0 Å². The van der Waals surface area contributed by atoms with Gasteiger partial charge in [-0.25, -0.2) is 0 Å². The van der Waals surface area contributed by atoms with Crippen LogP contribution in [0.2, 0.25) is 0 Å². The van der Waals surface area contributed by atoms with Crippen molar-refractivity contribution >= 4 is 35.5 Å². The summed E-state index contributed by atoms with van der Waals surface area (Å²) in [5, 5.41) is 13.6. The SMILES string of the molecule is CSCCC(NC(=O)C1CCCN1C(=O)C(C)N)C(=O)NCC(=O)O. The largest absolute Gasteiger partial charge is 0.480 e. The van der Waals surface area contributed by atoms with Gasteiger partial charge in [-0.2, -0.15) is 11.8 Å². The Bertz CT molecular complexity index is 514. The van der Waals surface area contributed by atoms with Gasteiger partial charge in [0, 0.05) is 6.54 Å². The second-order valence-corrected chi connectivity index (χ2v) is 6.92. The molecular formula is C15H26N4O5S. The molecule has 25 heavy (non-hydrogen) atoms. The number of aliphatic carboxylic acids is 1. The monoisotopic (exact) mass is 374 g/mol. The summed E-state index contributed by atoms with van der Waals surface area (Å²) in [5.41, 5.74) is 5.62. The molecule has 5 N–H and O–H groups in total. The number of nitrogens with zero attached hydrogens (tertiary/aromatic N) is 1. The Morgan fingerprint density at radius 2 is 2.04 bits per heavy atom. The molecule has 1 aliphatic heterocycles. The number of nitrogens with two attached hydrogens (primary N) is 1. The molecule has 1 rings (SSSR count). The second-order valence-electron chi connectivity index (χ2n) is 5.93. The van der Waals surface area contributed by atoms with Crippen molar-refractivity contribution in [3.63, 3.8) is 0 Å². The molecule has 142 valence electrons. The van der Waals surface area contributed by atoms with Crippen molar-refractivity contribution in [3.8, 4) is 0 Å². The first-order valence-corrected chi connectivity index (χ1v) is 9.52. The smallest absolute Gasteiger partial charge is 0.322 e. The third-order valence-electron chi connectivity index (χ3n) is 3.89. The molecule has 0 aromatic heterocycles. The molecule has 3 atom stereocenters. The first kappa shape index (κ1) is 21.2. The molecule has 0 spiro atoms. The van der Waals surface area contributed by atoms with Gasteiger partial charge >= 0.3 is 5.97 Å². The quantitative estimate of drug-likeness (QED) is 0.395. The van der Waals surface area contributed by atoms with Crippen molar-refractivity contribution in [2.24, 2.45) is 5.73 Å². The van der Waals surface area contributed by atoms with Crippen LogP contribution in [-0.2, 0) is 19.2 Å². The predicted octanol–water partition coefficient (Wildman–Crippen LogP) is -1.24. The van der Waals surface area contributed by atoms with E-state index in [9.17, 15) is 19.2 Å². The van der Waals surface area contributed by atoms with Gasteiger partial charge in [-0.3, -0.25) is 19.2 Å². The third kappa shape index (κ3) is 6.54. The van der Waals surface area contributed by atoms with Crippen LogP contribution in [0.5, 0.6) is 0 Å². The summed E-state index contributed by atoms with van der Waals surface area (Å²) in [5.74, 6) is -1.80. The minimum absolute atomic E-state index is 0.298. The molecule has 3 amide bonds. The zero-order valence-corrected chi connectivity index (χ0v) is 15.3. The van der Waals surface area contributed by atoms with E-state index in [4.69, 9.17) is 10.8 Å². The molecule has 9 nitrogen and oxygen atoms in total. The van der Waals surface area contributed by atoms with Crippen molar-refractivity contribution in [1.29, 1.82) is 0 Å². The number of rotatable bonds is 9. The van der Waals surface area contributed by atoms with E-state index < -0.39 is 42.5 Å². The molecule has 0 aliphatic carbocycles. The second kappa shape index (κ2) is 10.2. The molecular weight excluding hydrogens is 348 g/mol. The maximum absolute atomic E-state index is 12.5. The lowest BCUT2D eigenvalue weighted by Gasteiger charge is -2.27. The van der Waals surface area contributed by atoms with Crippen molar-refractivity contribution in [3.05, 3.63) is 0 Å². The molecule has 0 aromatic carbocycles. The van der Waals surface area contributed by atoms with Crippen LogP contribution in [0.3, 0.4) is 0 Å². The Hall–Kier alpha value is -1.81. The van der Waals surface area contributed by atoms with Crippen molar-refractivity contribution < 1.29 is 24.3 Å². The first-order chi connectivity index (χ1) is 11.8. The number of hydrogen-bond acceptors (Lipinski definition) is 6. The molecule has 0 saturated carbocycles. The molecule has 0 bridgehead atoms. The van der Waals surface area contributed by atoms with Gasteiger partial charge in [-0.15, -0.1) is 0 Å². The Labute approximate surface area is 151 Å². The van der Waals surface area contributed by atoms with Crippen LogP contribution in [0.15, 0.2) is 0 Å². The fourth-order valence-electron chi connectivity index (χ4n) is 2.62. The van der Waals surface area contributed by atoms with Crippen LogP contribution in [0.1, 0.15) is 26.2 Å². The number of carbonyl (C=O) groups excluding carboxylic acids is 3. The van der Waals surface area contributed by atoms with Crippen LogP contribution in [-0.4, -0.2) is 76.9 Å². The zero-order chi connectivity index (χ0) is 19.0. The molecule has 1 fully saturated rings. The maximum atomic E-state index is 12.5. The number of hydrogen-bond donors (Lipinski definition) is 4. The van der Waals surface area contributed by atoms with Crippen LogP contribution < -0.4 is 16.4 Å². The predicted molar refractivity (Wildman–Crippen MR) is 94.0 cm³/mol. The van der Waals surface area contributed by atoms with Crippen LogP contribution in [0, 0.1) is 0 Å². The van der Waals surface area contributed by atoms with Gasteiger partial charge in [0.2, 0.25) is 17.7 Å². The number of carboxylic acids is 1. The Morgan fingerprint density at radius 1 is 1.36 bits per heavy atom. The summed E-state index contributed by atoms with van der Waals surface area (Å²) in [4.78, 5) is 48.8. The lowest BCUT2D eigenvalue weighted by molar-refractivity contribution is -0.140. The highest BCUT2D eigenvalue weighted by Crippen LogP contribution is 2.18. The average Bonchev–Trinajstić information content (AvgIpc) is 3.04. The van der Waals surface area contributed by atoms with E-state index >= 15 is 0 Å². The number of carboxylic acid groups (broad SMARTS) is 1. The number of nitrogens with one attached hydrogen (secondary N) is 2. The van der Waals surface area contributed by atoms with Gasteiger partial charge in [-0.05, 0) is 38.2 Å². The molecule has 10 heteroatoms. The van der Waals surface area contributed by atoms with Crippen molar-refractivity contribution in [2.45, 2.75) is 44.3 Å². The topological polar surface area (TPSA) is 142 Å². The lowest BCUT2D eigenvalue weighted by Crippen LogP contribution is -2.55. The van der Waals surface area contributed by atoms with E-state index in [0.29, 0.717) is 31.6 Å². The normalized spacial score (nSPS) is 19.2. The van der Waals surface area contributed by atoms with Gasteiger partial charge in [0.25, 0.3) is 0 Å². The molecule has 0 radical (unpaired) electrons. The molecule has 3 unspecified atom stereocenters. The number of thioether (sulfide) groups is 1. The number of carbonyl (C=O) groups is 4. The highest BCUT2D eigenvalue weighted by Gasteiger charge is 2.36. The van der Waals surface area contributed by atoms with E-state index in [2.05, 4.69) is 10.6 Å². The van der Waals surface area contributed by atoms with Gasteiger partial charge in [-0.1, -0.05) is 0 Å². The van der Waals surface area contributed by atoms with E-state index in [1.165, 1.54) is 16.7 Å². The lowest BCUT2D eigenvalue weighted by atomic mass is 10.1. The average molecular weight is 374 g/mol. The zero-order valence-electron chi connectivity index (χ0n) is 14.5. The van der Waals surface area contributed by atoms with Gasteiger partial charge in [0.15, 0.2) is 0 Å². The summed E-state index contributed by atoms with van der Waals surface area (Å²) in [7, 11) is 0. The fourth-order valence-corrected chi connectivity index (χ4v) is 3.09. The standard InChI is InChI=1S/C15H26N4O5S/c1-9(16)15(24)19-6-3-4-11(19)14(23)18-10(5-7-25-2)13(22)17-8-12(20)21/h9-11H,3-8,16H2,1-2H3,(H,17,22)(H,18,23)(H,20,21). The van der Waals surface area contributed by atoms with Crippen molar-refractivity contribution in [2.75, 3.05) is 25.1 Å². The minimum atomic E-state index is -1.16. The highest BCUT2D eigenvalue weighted by molar-refractivity contribution is 7.98. The molecule has 1 aliphatic rings. The maximum Gasteiger partial charge on any atom is 0.322 e. The minimum Gasteiger partial charge on any atom is -0.480 e. The van der Waals surface area contributed by atoms with E-state index in [-0.39, 0.29) is 5.91 Å². The van der Waals surface area contributed by atoms with Gasteiger partial charge in [0.1, 0.15) is 18.6 Å².